The highest BCUT2D eigenvalue weighted by atomic mass is 32.2. The van der Waals surface area contributed by atoms with Crippen LogP contribution in [0.2, 0.25) is 0 Å². The molecule has 1 N–H and O–H groups in total. The van der Waals surface area contributed by atoms with Crippen LogP contribution < -0.4 is 5.56 Å². The van der Waals surface area contributed by atoms with Gasteiger partial charge in [-0.15, -0.1) is 0 Å². The predicted molar refractivity (Wildman–Crippen MR) is 87.8 cm³/mol. The molecular weight excluding hydrogens is 310 g/mol. The Morgan fingerprint density at radius 3 is 2.52 bits per heavy atom. The lowest BCUT2D eigenvalue weighted by Crippen LogP contribution is -2.14. The number of hydrogen-bond donors (Lipinski definition) is 1. The third-order valence-corrected chi connectivity index (χ3v) is 3.82. The van der Waals surface area contributed by atoms with Crippen molar-refractivity contribution in [1.82, 2.24) is 19.9 Å². The molecule has 0 bridgehead atoms. The second-order valence-corrected chi connectivity index (χ2v) is 5.38. The summed E-state index contributed by atoms with van der Waals surface area (Å²) in [6.07, 6.45) is 4.97. The number of H-pyrrole nitrogens is 1. The van der Waals surface area contributed by atoms with Crippen LogP contribution in [0.3, 0.4) is 0 Å². The average Bonchev–Trinajstić information content (AvgIpc) is 2.62. The van der Waals surface area contributed by atoms with Gasteiger partial charge in [0.2, 0.25) is 0 Å². The van der Waals surface area contributed by atoms with Crippen molar-refractivity contribution in [3.8, 4) is 28.6 Å². The van der Waals surface area contributed by atoms with Gasteiger partial charge in [-0.3, -0.25) is 4.79 Å². The van der Waals surface area contributed by atoms with Crippen LogP contribution in [0, 0.1) is 11.3 Å². The lowest BCUT2D eigenvalue weighted by Gasteiger charge is -2.06. The van der Waals surface area contributed by atoms with Crippen LogP contribution in [0.5, 0.6) is 0 Å². The first-order chi connectivity index (χ1) is 11.2. The fourth-order valence-electron chi connectivity index (χ4n) is 2.12. The second kappa shape index (κ2) is 6.42. The number of nitrogens with one attached hydrogen (secondary N) is 1. The average molecular weight is 321 g/mol. The Bertz CT molecular complexity index is 929. The van der Waals surface area contributed by atoms with Crippen molar-refractivity contribution in [3.63, 3.8) is 0 Å². The number of aromatic amines is 1. The van der Waals surface area contributed by atoms with Crippen LogP contribution in [0.25, 0.3) is 22.5 Å². The smallest absolute Gasteiger partial charge is 0.270 e. The monoisotopic (exact) mass is 321 g/mol. The normalized spacial score (nSPS) is 10.3. The molecule has 3 aromatic rings. The van der Waals surface area contributed by atoms with Crippen molar-refractivity contribution in [3.05, 3.63) is 58.8 Å². The van der Waals surface area contributed by atoms with Gasteiger partial charge in [-0.1, -0.05) is 36.0 Å². The van der Waals surface area contributed by atoms with Crippen LogP contribution in [0.4, 0.5) is 0 Å². The number of nitriles is 1. The summed E-state index contributed by atoms with van der Waals surface area (Å²) in [6.45, 7) is 0. The SMILES string of the molecule is CSc1nc(-c2ccc(-c3ccncn3)cc2)c(C#N)c(=O)[nH]1. The van der Waals surface area contributed by atoms with E-state index in [4.69, 9.17) is 0 Å². The molecule has 2 heterocycles. The van der Waals surface area contributed by atoms with Crippen LogP contribution in [-0.2, 0) is 0 Å². The zero-order valence-electron chi connectivity index (χ0n) is 12.1. The molecular formula is C16H11N5OS. The summed E-state index contributed by atoms with van der Waals surface area (Å²) in [5.41, 5.74) is 2.40. The molecule has 3 rings (SSSR count). The van der Waals surface area contributed by atoms with Gasteiger partial charge in [0.1, 0.15) is 18.0 Å². The Balaban J connectivity index is 2.08. The molecule has 0 aliphatic heterocycles. The van der Waals surface area contributed by atoms with Crippen molar-refractivity contribution in [2.75, 3.05) is 6.26 Å². The van der Waals surface area contributed by atoms with E-state index >= 15 is 0 Å². The highest BCUT2D eigenvalue weighted by Crippen LogP contribution is 2.24. The number of nitrogens with zero attached hydrogens (tertiary/aromatic N) is 4. The van der Waals surface area contributed by atoms with E-state index in [2.05, 4.69) is 19.9 Å². The minimum absolute atomic E-state index is 0.0117. The van der Waals surface area contributed by atoms with E-state index in [0.717, 1.165) is 11.3 Å². The lowest BCUT2D eigenvalue weighted by atomic mass is 10.0. The van der Waals surface area contributed by atoms with Gasteiger partial charge in [0, 0.05) is 17.3 Å². The van der Waals surface area contributed by atoms with Gasteiger partial charge in [-0.05, 0) is 12.3 Å². The molecule has 2 aromatic heterocycles. The minimum Gasteiger partial charge on any atom is -0.300 e. The van der Waals surface area contributed by atoms with Crippen molar-refractivity contribution >= 4 is 11.8 Å². The maximum absolute atomic E-state index is 12.0. The maximum atomic E-state index is 12.0. The molecule has 0 fully saturated rings. The van der Waals surface area contributed by atoms with Crippen LogP contribution in [0.1, 0.15) is 5.56 Å². The van der Waals surface area contributed by atoms with Gasteiger partial charge in [0.25, 0.3) is 5.56 Å². The molecule has 0 saturated heterocycles. The maximum Gasteiger partial charge on any atom is 0.270 e. The van der Waals surface area contributed by atoms with Crippen LogP contribution in [-0.4, -0.2) is 26.2 Å². The van der Waals surface area contributed by atoms with Crippen molar-refractivity contribution in [2.45, 2.75) is 5.16 Å². The van der Waals surface area contributed by atoms with E-state index in [-0.39, 0.29) is 5.56 Å². The highest BCUT2D eigenvalue weighted by molar-refractivity contribution is 7.98. The van der Waals surface area contributed by atoms with Crippen LogP contribution >= 0.6 is 11.8 Å². The molecule has 23 heavy (non-hydrogen) atoms. The summed E-state index contributed by atoms with van der Waals surface area (Å²) >= 11 is 1.32. The Hall–Kier alpha value is -2.98. The molecule has 0 aliphatic rings. The minimum atomic E-state index is -0.429. The largest absolute Gasteiger partial charge is 0.300 e. The van der Waals surface area contributed by atoms with Crippen molar-refractivity contribution in [1.29, 1.82) is 5.26 Å². The predicted octanol–water partition coefficient (Wildman–Crippen LogP) is 2.49. The summed E-state index contributed by atoms with van der Waals surface area (Å²) in [6, 6.07) is 11.1. The first-order valence-electron chi connectivity index (χ1n) is 6.68. The Kier molecular flexibility index (Phi) is 4.17. The second-order valence-electron chi connectivity index (χ2n) is 4.58. The first-order valence-corrected chi connectivity index (χ1v) is 7.90. The zero-order valence-corrected chi connectivity index (χ0v) is 13.0. The van der Waals surface area contributed by atoms with Crippen molar-refractivity contribution < 1.29 is 0 Å². The van der Waals surface area contributed by atoms with Gasteiger partial charge in [0.05, 0.1) is 11.4 Å². The Morgan fingerprint density at radius 1 is 1.17 bits per heavy atom. The summed E-state index contributed by atoms with van der Waals surface area (Å²) in [5.74, 6) is 0. The third-order valence-electron chi connectivity index (χ3n) is 3.24. The molecule has 1 aromatic carbocycles. The van der Waals surface area contributed by atoms with E-state index in [0.29, 0.717) is 16.4 Å². The van der Waals surface area contributed by atoms with Gasteiger partial charge < -0.3 is 4.98 Å². The summed E-state index contributed by atoms with van der Waals surface area (Å²) in [7, 11) is 0. The fraction of sp³-hybridized carbons (Fsp3) is 0.0625. The van der Waals surface area contributed by atoms with Gasteiger partial charge >= 0.3 is 0 Å². The van der Waals surface area contributed by atoms with Gasteiger partial charge in [-0.25, -0.2) is 15.0 Å². The fourth-order valence-corrected chi connectivity index (χ4v) is 2.50. The quantitative estimate of drug-likeness (QED) is 0.588. The lowest BCUT2D eigenvalue weighted by molar-refractivity contribution is 0.937. The summed E-state index contributed by atoms with van der Waals surface area (Å²) < 4.78 is 0. The van der Waals surface area contributed by atoms with E-state index in [1.54, 1.807) is 6.20 Å². The zero-order chi connectivity index (χ0) is 16.2. The molecule has 0 saturated carbocycles. The van der Waals surface area contributed by atoms with Gasteiger partial charge in [0.15, 0.2) is 5.16 Å². The van der Waals surface area contributed by atoms with E-state index in [9.17, 15) is 10.1 Å². The molecule has 7 heteroatoms. The number of rotatable bonds is 3. The molecule has 0 unspecified atom stereocenters. The summed E-state index contributed by atoms with van der Waals surface area (Å²) in [4.78, 5) is 27.0. The molecule has 0 amide bonds. The molecule has 6 nitrogen and oxygen atoms in total. The van der Waals surface area contributed by atoms with Crippen molar-refractivity contribution in [2.24, 2.45) is 0 Å². The van der Waals surface area contributed by atoms with E-state index < -0.39 is 5.56 Å². The highest BCUT2D eigenvalue weighted by Gasteiger charge is 2.13. The molecule has 0 radical (unpaired) electrons. The summed E-state index contributed by atoms with van der Waals surface area (Å²) in [5, 5.41) is 9.70. The van der Waals surface area contributed by atoms with E-state index in [1.165, 1.54) is 18.1 Å². The topological polar surface area (TPSA) is 95.3 Å². The van der Waals surface area contributed by atoms with Crippen LogP contribution in [0.15, 0.2) is 52.8 Å². The first kappa shape index (κ1) is 14.9. The molecule has 0 spiro atoms. The molecule has 0 aliphatic carbocycles. The molecule has 0 atom stereocenters. The third kappa shape index (κ3) is 2.98. The van der Waals surface area contributed by atoms with E-state index in [1.807, 2.05) is 42.7 Å². The number of thioether (sulfide) groups is 1. The standard InChI is InChI=1S/C16H11N5OS/c1-23-16-20-14(12(8-17)15(22)21-16)11-4-2-10(3-5-11)13-6-7-18-9-19-13/h2-7,9H,1H3,(H,20,21,22). The number of benzene rings is 1. The Labute approximate surface area is 136 Å². The molecule has 112 valence electrons. The number of aromatic nitrogens is 4. The number of hydrogen-bond acceptors (Lipinski definition) is 6. The Morgan fingerprint density at radius 2 is 1.91 bits per heavy atom. The van der Waals surface area contributed by atoms with Gasteiger partial charge in [-0.2, -0.15) is 5.26 Å².